The molecule has 0 bridgehead atoms. The van der Waals surface area contributed by atoms with Crippen LogP contribution in [0.3, 0.4) is 0 Å². The molecule has 4 nitrogen and oxygen atoms in total. The van der Waals surface area contributed by atoms with Crippen molar-refractivity contribution < 1.29 is 4.79 Å². The minimum absolute atomic E-state index is 0.0397. The van der Waals surface area contributed by atoms with Crippen LogP contribution in [0.2, 0.25) is 0 Å². The summed E-state index contributed by atoms with van der Waals surface area (Å²) < 4.78 is 0. The molecule has 0 aliphatic heterocycles. The number of nitrogens with one attached hydrogen (secondary N) is 2. The quantitative estimate of drug-likeness (QED) is 0.890. The van der Waals surface area contributed by atoms with Crippen molar-refractivity contribution in [2.24, 2.45) is 0 Å². The summed E-state index contributed by atoms with van der Waals surface area (Å²) in [5.41, 5.74) is 3.01. The van der Waals surface area contributed by atoms with Crippen molar-refractivity contribution >= 4 is 22.9 Å². The summed E-state index contributed by atoms with van der Waals surface area (Å²) >= 11 is 1.60. The highest BCUT2D eigenvalue weighted by molar-refractivity contribution is 7.09. The molecule has 5 heteroatoms. The van der Waals surface area contributed by atoms with E-state index in [0.29, 0.717) is 6.54 Å². The van der Waals surface area contributed by atoms with Crippen LogP contribution in [0.25, 0.3) is 0 Å². The lowest BCUT2D eigenvalue weighted by Crippen LogP contribution is -2.37. The van der Waals surface area contributed by atoms with Gasteiger partial charge in [-0.3, -0.25) is 10.1 Å². The fraction of sp³-hybridized carbons (Fsp3) is 0.333. The van der Waals surface area contributed by atoms with Crippen LogP contribution < -0.4 is 10.6 Å². The maximum absolute atomic E-state index is 12.0. The van der Waals surface area contributed by atoms with Gasteiger partial charge >= 0.3 is 0 Å². The smallest absolute Gasteiger partial charge is 0.241 e. The van der Waals surface area contributed by atoms with E-state index in [1.54, 1.807) is 11.3 Å². The first-order chi connectivity index (χ1) is 9.54. The first-order valence-corrected chi connectivity index (χ1v) is 7.44. The van der Waals surface area contributed by atoms with Gasteiger partial charge in [0.15, 0.2) is 0 Å². The Morgan fingerprint density at radius 1 is 1.30 bits per heavy atom. The first-order valence-electron chi connectivity index (χ1n) is 6.56. The molecule has 1 aromatic heterocycles. The zero-order valence-corrected chi connectivity index (χ0v) is 12.8. The van der Waals surface area contributed by atoms with Gasteiger partial charge in [-0.15, -0.1) is 11.3 Å². The Bertz CT molecular complexity index is 577. The van der Waals surface area contributed by atoms with E-state index >= 15 is 0 Å². The number of rotatable bonds is 5. The maximum atomic E-state index is 12.0. The molecule has 2 N–H and O–H groups in total. The Balaban J connectivity index is 1.84. The number of carbonyl (C=O) groups is 1. The number of anilines is 1. The number of carbonyl (C=O) groups excluding carboxylic acids is 1. The van der Waals surface area contributed by atoms with Gasteiger partial charge in [-0.25, -0.2) is 4.98 Å². The fourth-order valence-electron chi connectivity index (χ4n) is 1.70. The van der Waals surface area contributed by atoms with E-state index in [1.165, 1.54) is 5.56 Å². The molecule has 20 heavy (non-hydrogen) atoms. The average molecular weight is 289 g/mol. The minimum Gasteiger partial charge on any atom is -0.325 e. The molecule has 0 spiro atoms. The first kappa shape index (κ1) is 14.7. The van der Waals surface area contributed by atoms with Gasteiger partial charge in [-0.1, -0.05) is 17.7 Å². The van der Waals surface area contributed by atoms with Crippen LogP contribution in [0.1, 0.15) is 23.2 Å². The van der Waals surface area contributed by atoms with Crippen LogP contribution in [-0.2, 0) is 11.3 Å². The predicted molar refractivity (Wildman–Crippen MR) is 83.0 cm³/mol. The highest BCUT2D eigenvalue weighted by atomic mass is 32.1. The second-order valence-electron chi connectivity index (χ2n) is 4.84. The van der Waals surface area contributed by atoms with Crippen molar-refractivity contribution in [1.29, 1.82) is 0 Å². The number of thiazole rings is 1. The lowest BCUT2D eigenvalue weighted by atomic mass is 10.2. The highest BCUT2D eigenvalue weighted by Crippen LogP contribution is 2.10. The number of nitrogens with zero attached hydrogens (tertiary/aromatic N) is 1. The van der Waals surface area contributed by atoms with E-state index in [-0.39, 0.29) is 11.9 Å². The lowest BCUT2D eigenvalue weighted by Gasteiger charge is -2.13. The Morgan fingerprint density at radius 3 is 2.60 bits per heavy atom. The summed E-state index contributed by atoms with van der Waals surface area (Å²) in [5.74, 6) is -0.0397. The summed E-state index contributed by atoms with van der Waals surface area (Å²) in [4.78, 5) is 16.4. The molecule has 0 aliphatic carbocycles. The zero-order valence-electron chi connectivity index (χ0n) is 11.9. The standard InChI is InChI=1S/C15H19N3OS/c1-10-4-6-13(7-5-10)18-15(19)12(3)16-8-14-17-11(2)9-20-14/h4-7,9,12,16H,8H2,1-3H3,(H,18,19). The third-order valence-electron chi connectivity index (χ3n) is 2.94. The van der Waals surface area contributed by atoms with E-state index < -0.39 is 0 Å². The molecular weight excluding hydrogens is 270 g/mol. The van der Waals surface area contributed by atoms with Gasteiger partial charge in [-0.2, -0.15) is 0 Å². The van der Waals surface area contributed by atoms with E-state index in [4.69, 9.17) is 0 Å². The van der Waals surface area contributed by atoms with Crippen LogP contribution in [0.15, 0.2) is 29.6 Å². The maximum Gasteiger partial charge on any atom is 0.241 e. The van der Waals surface area contributed by atoms with Crippen molar-refractivity contribution in [1.82, 2.24) is 10.3 Å². The Labute approximate surface area is 123 Å². The van der Waals surface area contributed by atoms with Gasteiger partial charge in [0.1, 0.15) is 5.01 Å². The molecule has 1 heterocycles. The van der Waals surface area contributed by atoms with Crippen molar-refractivity contribution in [3.05, 3.63) is 45.9 Å². The van der Waals surface area contributed by atoms with Crippen molar-refractivity contribution in [2.75, 3.05) is 5.32 Å². The van der Waals surface area contributed by atoms with Gasteiger partial charge in [-0.05, 0) is 32.9 Å². The average Bonchev–Trinajstić information content (AvgIpc) is 2.84. The van der Waals surface area contributed by atoms with Crippen LogP contribution in [0.4, 0.5) is 5.69 Å². The highest BCUT2D eigenvalue weighted by Gasteiger charge is 2.12. The second-order valence-corrected chi connectivity index (χ2v) is 5.78. The van der Waals surface area contributed by atoms with Gasteiger partial charge in [0.2, 0.25) is 5.91 Å². The van der Waals surface area contributed by atoms with Crippen molar-refractivity contribution in [2.45, 2.75) is 33.4 Å². The van der Waals surface area contributed by atoms with Crippen LogP contribution >= 0.6 is 11.3 Å². The lowest BCUT2D eigenvalue weighted by molar-refractivity contribution is -0.117. The SMILES string of the molecule is Cc1ccc(NC(=O)C(C)NCc2nc(C)cs2)cc1. The molecule has 0 saturated carbocycles. The van der Waals surface area contributed by atoms with Gasteiger partial charge in [0, 0.05) is 23.3 Å². The number of aryl methyl sites for hydroxylation is 2. The van der Waals surface area contributed by atoms with Crippen molar-refractivity contribution in [3.8, 4) is 0 Å². The number of hydrogen-bond donors (Lipinski definition) is 2. The largest absolute Gasteiger partial charge is 0.325 e. The van der Waals surface area contributed by atoms with E-state index in [1.807, 2.05) is 50.4 Å². The fourth-order valence-corrected chi connectivity index (χ4v) is 2.43. The van der Waals surface area contributed by atoms with Crippen LogP contribution in [-0.4, -0.2) is 16.9 Å². The summed E-state index contributed by atoms with van der Waals surface area (Å²) in [5, 5.41) is 9.08. The number of benzene rings is 1. The summed E-state index contributed by atoms with van der Waals surface area (Å²) in [6.45, 7) is 6.45. The number of hydrogen-bond acceptors (Lipinski definition) is 4. The molecule has 0 radical (unpaired) electrons. The van der Waals surface area contributed by atoms with Gasteiger partial charge in [0.25, 0.3) is 0 Å². The van der Waals surface area contributed by atoms with Crippen molar-refractivity contribution in [3.63, 3.8) is 0 Å². The molecule has 0 fully saturated rings. The topological polar surface area (TPSA) is 54.0 Å². The molecule has 1 amide bonds. The van der Waals surface area contributed by atoms with E-state index in [2.05, 4.69) is 15.6 Å². The summed E-state index contributed by atoms with van der Waals surface area (Å²) in [7, 11) is 0. The number of amides is 1. The zero-order chi connectivity index (χ0) is 14.5. The van der Waals surface area contributed by atoms with Crippen LogP contribution in [0, 0.1) is 13.8 Å². The molecule has 2 rings (SSSR count). The monoisotopic (exact) mass is 289 g/mol. The van der Waals surface area contributed by atoms with E-state index in [9.17, 15) is 4.79 Å². The molecule has 0 saturated heterocycles. The molecule has 2 aromatic rings. The molecule has 1 aromatic carbocycles. The number of aromatic nitrogens is 1. The minimum atomic E-state index is -0.263. The van der Waals surface area contributed by atoms with Gasteiger partial charge < -0.3 is 5.32 Å². The third kappa shape index (κ3) is 4.15. The molecule has 1 atom stereocenters. The predicted octanol–water partition coefficient (Wildman–Crippen LogP) is 2.88. The normalized spacial score (nSPS) is 12.2. The van der Waals surface area contributed by atoms with Crippen LogP contribution in [0.5, 0.6) is 0 Å². The summed E-state index contributed by atoms with van der Waals surface area (Å²) in [6, 6.07) is 7.51. The second kappa shape index (κ2) is 6.63. The third-order valence-corrected chi connectivity index (χ3v) is 3.91. The molecule has 0 aliphatic rings. The van der Waals surface area contributed by atoms with Gasteiger partial charge in [0.05, 0.1) is 6.04 Å². The Hall–Kier alpha value is -1.72. The molecular formula is C15H19N3OS. The molecule has 1 unspecified atom stereocenters. The Morgan fingerprint density at radius 2 is 2.00 bits per heavy atom. The summed E-state index contributed by atoms with van der Waals surface area (Å²) in [6.07, 6.45) is 0. The Kier molecular flexibility index (Phi) is 4.87. The molecule has 106 valence electrons. The van der Waals surface area contributed by atoms with E-state index in [0.717, 1.165) is 16.4 Å².